The van der Waals surface area contributed by atoms with Crippen molar-refractivity contribution in [2.45, 2.75) is 10.1 Å². The van der Waals surface area contributed by atoms with Crippen LogP contribution in [0.4, 0.5) is 11.4 Å². The Morgan fingerprint density at radius 3 is 1.96 bits per heavy atom. The van der Waals surface area contributed by atoms with Crippen LogP contribution in [0.1, 0.15) is 26.7 Å². The summed E-state index contributed by atoms with van der Waals surface area (Å²) in [6.07, 6.45) is 1.58. The van der Waals surface area contributed by atoms with Gasteiger partial charge in [0.05, 0.1) is 10.7 Å². The molecule has 0 heterocycles. The van der Waals surface area contributed by atoms with E-state index < -0.39 is 17.1 Å². The molecule has 0 aliphatic rings. The molecule has 9 heteroatoms. The van der Waals surface area contributed by atoms with E-state index in [4.69, 9.17) is 23.2 Å². The normalized spacial score (nSPS) is 11.7. The molecule has 1 unspecified atom stereocenters. The zero-order chi connectivity index (χ0) is 31.6. The maximum absolute atomic E-state index is 13.4. The van der Waals surface area contributed by atoms with Gasteiger partial charge < -0.3 is 16.0 Å². The summed E-state index contributed by atoms with van der Waals surface area (Å²) < 4.78 is 0. The number of thioether (sulfide) groups is 1. The average Bonchev–Trinajstić information content (AvgIpc) is 3.06. The van der Waals surface area contributed by atoms with E-state index in [-0.39, 0.29) is 11.6 Å². The van der Waals surface area contributed by atoms with Gasteiger partial charge in [-0.2, -0.15) is 0 Å². The summed E-state index contributed by atoms with van der Waals surface area (Å²) >= 11 is 13.7. The summed E-state index contributed by atoms with van der Waals surface area (Å²) in [6, 6.07) is 39.2. The first kappa shape index (κ1) is 31.6. The van der Waals surface area contributed by atoms with Gasteiger partial charge in [0.1, 0.15) is 10.9 Å². The van der Waals surface area contributed by atoms with Crippen molar-refractivity contribution in [1.82, 2.24) is 5.32 Å². The Bertz CT molecular complexity index is 1810. The Morgan fingerprint density at radius 1 is 0.667 bits per heavy atom. The maximum Gasteiger partial charge on any atom is 0.272 e. The van der Waals surface area contributed by atoms with Crippen LogP contribution in [0.2, 0.25) is 10.0 Å². The molecular weight excluding hydrogens is 625 g/mol. The highest BCUT2D eigenvalue weighted by Crippen LogP contribution is 2.37. The number of amides is 3. The number of hydrogen-bond acceptors (Lipinski definition) is 4. The molecule has 5 aromatic rings. The highest BCUT2D eigenvalue weighted by Gasteiger charge is 2.23. The quantitative estimate of drug-likeness (QED) is 0.104. The van der Waals surface area contributed by atoms with E-state index in [1.54, 1.807) is 84.9 Å². The molecular formula is C36H27Cl2N3O3S. The van der Waals surface area contributed by atoms with Crippen molar-refractivity contribution in [3.05, 3.63) is 166 Å². The molecule has 0 aliphatic heterocycles. The van der Waals surface area contributed by atoms with E-state index in [1.165, 1.54) is 11.8 Å². The number of anilines is 2. The first-order valence-corrected chi connectivity index (χ1v) is 15.5. The second kappa shape index (κ2) is 15.3. The van der Waals surface area contributed by atoms with Crippen molar-refractivity contribution in [2.24, 2.45) is 0 Å². The smallest absolute Gasteiger partial charge is 0.272 e. The van der Waals surface area contributed by atoms with Crippen LogP contribution >= 0.6 is 35.0 Å². The third-order valence-electron chi connectivity index (χ3n) is 6.55. The Balaban J connectivity index is 1.32. The van der Waals surface area contributed by atoms with Crippen molar-refractivity contribution in [3.63, 3.8) is 0 Å². The number of nitrogens with one attached hydrogen (secondary N) is 3. The minimum absolute atomic E-state index is 0.0602. The monoisotopic (exact) mass is 651 g/mol. The van der Waals surface area contributed by atoms with E-state index in [1.807, 2.05) is 54.6 Å². The van der Waals surface area contributed by atoms with Crippen LogP contribution in [0, 0.1) is 0 Å². The van der Waals surface area contributed by atoms with E-state index in [2.05, 4.69) is 16.0 Å². The predicted octanol–water partition coefficient (Wildman–Crippen LogP) is 8.88. The van der Waals surface area contributed by atoms with Crippen molar-refractivity contribution in [1.29, 1.82) is 0 Å². The lowest BCUT2D eigenvalue weighted by molar-refractivity contribution is -0.116. The fraction of sp³-hybridized carbons (Fsp3) is 0.0278. The highest BCUT2D eigenvalue weighted by atomic mass is 35.5. The number of hydrogen-bond donors (Lipinski definition) is 3. The largest absolute Gasteiger partial charge is 0.323 e. The molecule has 0 aromatic heterocycles. The molecule has 5 rings (SSSR count). The molecule has 0 saturated carbocycles. The molecule has 0 fully saturated rings. The molecule has 3 amide bonds. The van der Waals surface area contributed by atoms with Crippen LogP contribution in [0.25, 0.3) is 6.08 Å². The van der Waals surface area contributed by atoms with Crippen LogP contribution in [0.3, 0.4) is 0 Å². The molecule has 45 heavy (non-hydrogen) atoms. The summed E-state index contributed by atoms with van der Waals surface area (Å²) in [4.78, 5) is 40.5. The van der Waals surface area contributed by atoms with Crippen molar-refractivity contribution in [3.8, 4) is 0 Å². The molecule has 0 bridgehead atoms. The van der Waals surface area contributed by atoms with Crippen LogP contribution < -0.4 is 16.0 Å². The number of benzene rings is 5. The van der Waals surface area contributed by atoms with Crippen molar-refractivity contribution in [2.75, 3.05) is 10.6 Å². The third-order valence-corrected chi connectivity index (χ3v) is 8.40. The van der Waals surface area contributed by atoms with Crippen molar-refractivity contribution >= 4 is 70.1 Å². The van der Waals surface area contributed by atoms with Crippen LogP contribution in [0.5, 0.6) is 0 Å². The minimum atomic E-state index is -0.565. The number of para-hydroxylation sites is 1. The van der Waals surface area contributed by atoms with Gasteiger partial charge in [0, 0.05) is 21.2 Å². The molecule has 0 saturated heterocycles. The Hall–Kier alpha value is -4.82. The minimum Gasteiger partial charge on any atom is -0.323 e. The summed E-state index contributed by atoms with van der Waals surface area (Å²) in [5.74, 6) is -1.14. The van der Waals surface area contributed by atoms with Gasteiger partial charge in [0.2, 0.25) is 5.91 Å². The molecule has 0 radical (unpaired) electrons. The van der Waals surface area contributed by atoms with Gasteiger partial charge in [-0.3, -0.25) is 14.4 Å². The lowest BCUT2D eigenvalue weighted by Crippen LogP contribution is -2.30. The molecule has 0 spiro atoms. The number of rotatable bonds is 10. The molecule has 3 N–H and O–H groups in total. The molecule has 1 atom stereocenters. The van der Waals surface area contributed by atoms with Crippen LogP contribution in [-0.4, -0.2) is 17.7 Å². The lowest BCUT2D eigenvalue weighted by atomic mass is 10.1. The number of halogens is 2. The molecule has 224 valence electrons. The zero-order valence-electron chi connectivity index (χ0n) is 23.7. The first-order valence-electron chi connectivity index (χ1n) is 13.9. The van der Waals surface area contributed by atoms with Crippen molar-refractivity contribution < 1.29 is 14.4 Å². The first-order chi connectivity index (χ1) is 21.9. The summed E-state index contributed by atoms with van der Waals surface area (Å²) in [7, 11) is 0. The van der Waals surface area contributed by atoms with E-state index in [0.29, 0.717) is 32.5 Å². The van der Waals surface area contributed by atoms with Gasteiger partial charge in [-0.05, 0) is 77.9 Å². The van der Waals surface area contributed by atoms with E-state index in [9.17, 15) is 14.4 Å². The van der Waals surface area contributed by atoms with Gasteiger partial charge in [-0.1, -0.05) is 96.0 Å². The van der Waals surface area contributed by atoms with Gasteiger partial charge in [0.15, 0.2) is 0 Å². The van der Waals surface area contributed by atoms with Gasteiger partial charge in [0.25, 0.3) is 11.8 Å². The second-order valence-electron chi connectivity index (χ2n) is 9.79. The Labute approximate surface area is 275 Å². The Kier molecular flexibility index (Phi) is 10.7. The third kappa shape index (κ3) is 8.86. The number of carbonyl (C=O) groups is 3. The fourth-order valence-electron chi connectivity index (χ4n) is 4.28. The maximum atomic E-state index is 13.4. The Morgan fingerprint density at radius 2 is 1.29 bits per heavy atom. The fourth-order valence-corrected chi connectivity index (χ4v) is 5.61. The zero-order valence-corrected chi connectivity index (χ0v) is 26.1. The summed E-state index contributed by atoms with van der Waals surface area (Å²) in [5, 5.41) is 8.96. The van der Waals surface area contributed by atoms with Gasteiger partial charge >= 0.3 is 0 Å². The predicted molar refractivity (Wildman–Crippen MR) is 184 cm³/mol. The highest BCUT2D eigenvalue weighted by molar-refractivity contribution is 8.00. The lowest BCUT2D eigenvalue weighted by Gasteiger charge is -2.18. The second-order valence-corrected chi connectivity index (χ2v) is 11.8. The van der Waals surface area contributed by atoms with Crippen LogP contribution in [-0.2, 0) is 9.59 Å². The molecule has 6 nitrogen and oxygen atoms in total. The summed E-state index contributed by atoms with van der Waals surface area (Å²) in [6.45, 7) is 0. The molecule has 5 aromatic carbocycles. The van der Waals surface area contributed by atoms with E-state index >= 15 is 0 Å². The molecule has 0 aliphatic carbocycles. The average molecular weight is 653 g/mol. The SMILES string of the molecule is O=C(Nc1ccc(SC(C(=O)Nc2ccccc2Cl)c2ccccc2)cc1)/C(=C/c1ccc(Cl)cc1)NC(=O)c1ccccc1. The van der Waals surface area contributed by atoms with Gasteiger partial charge in [-0.15, -0.1) is 11.8 Å². The standard InChI is InChI=1S/C36H27Cl2N3O3S/c37-27-17-15-24(16-18-27)23-32(41-34(42)26-11-5-2-6-12-26)35(43)39-28-19-21-29(22-20-28)45-33(25-9-3-1-4-10-25)36(44)40-31-14-8-7-13-30(31)38/h1-23,33H,(H,39,43)(H,40,44)(H,41,42)/b32-23-. The van der Waals surface area contributed by atoms with Crippen LogP contribution in [0.15, 0.2) is 144 Å². The van der Waals surface area contributed by atoms with E-state index in [0.717, 1.165) is 10.5 Å². The topological polar surface area (TPSA) is 87.3 Å². The van der Waals surface area contributed by atoms with Gasteiger partial charge in [-0.25, -0.2) is 0 Å². The number of carbonyl (C=O) groups excluding carboxylic acids is 3. The summed E-state index contributed by atoms with van der Waals surface area (Å²) in [5.41, 5.74) is 3.04.